The number of halogens is 1. The average Bonchev–Trinajstić information content (AvgIpc) is 2.30. The van der Waals surface area contributed by atoms with Crippen molar-refractivity contribution in [3.05, 3.63) is 70.2 Å². The molecule has 0 nitrogen and oxygen atoms in total. The van der Waals surface area contributed by atoms with E-state index in [4.69, 9.17) is 11.6 Å². The summed E-state index contributed by atoms with van der Waals surface area (Å²) in [6.07, 6.45) is 2.06. The third kappa shape index (κ3) is 2.65. The van der Waals surface area contributed by atoms with E-state index in [-0.39, 0.29) is 0 Å². The van der Waals surface area contributed by atoms with Crippen LogP contribution < -0.4 is 0 Å². The third-order valence-electron chi connectivity index (χ3n) is 2.86. The molecule has 0 fully saturated rings. The Hall–Kier alpha value is -1.27. The van der Waals surface area contributed by atoms with E-state index in [0.717, 1.165) is 17.9 Å². The molecule has 0 amide bonds. The van der Waals surface area contributed by atoms with Crippen LogP contribution in [0.25, 0.3) is 0 Å². The van der Waals surface area contributed by atoms with Crippen molar-refractivity contribution >= 4 is 11.6 Å². The summed E-state index contributed by atoms with van der Waals surface area (Å²) in [6.45, 7) is 2.12. The van der Waals surface area contributed by atoms with Gasteiger partial charge >= 0.3 is 0 Å². The van der Waals surface area contributed by atoms with Gasteiger partial charge in [-0.15, -0.1) is 0 Å². The van der Waals surface area contributed by atoms with Crippen molar-refractivity contribution < 1.29 is 0 Å². The molecule has 0 saturated heterocycles. The Kier molecular flexibility index (Phi) is 3.63. The van der Waals surface area contributed by atoms with Gasteiger partial charge in [0.1, 0.15) is 0 Å². The number of rotatable bonds is 3. The molecule has 0 aliphatic heterocycles. The molecule has 0 bridgehead atoms. The highest BCUT2D eigenvalue weighted by Crippen LogP contribution is 2.21. The van der Waals surface area contributed by atoms with Gasteiger partial charge in [0.15, 0.2) is 0 Å². The Morgan fingerprint density at radius 1 is 0.875 bits per heavy atom. The van der Waals surface area contributed by atoms with Crippen LogP contribution in [0.5, 0.6) is 0 Å². The molecule has 16 heavy (non-hydrogen) atoms. The van der Waals surface area contributed by atoms with Crippen LogP contribution in [0, 0.1) is 6.92 Å². The molecule has 1 heteroatoms. The van der Waals surface area contributed by atoms with Crippen molar-refractivity contribution in [2.75, 3.05) is 0 Å². The lowest BCUT2D eigenvalue weighted by Gasteiger charge is -2.08. The van der Waals surface area contributed by atoms with Crippen LogP contribution in [0.3, 0.4) is 0 Å². The van der Waals surface area contributed by atoms with Crippen LogP contribution in [-0.2, 0) is 12.8 Å². The smallest absolute Gasteiger partial charge is 0.0440 e. The number of hydrogen-bond donors (Lipinski definition) is 0. The van der Waals surface area contributed by atoms with Gasteiger partial charge in [-0.1, -0.05) is 54.1 Å². The van der Waals surface area contributed by atoms with E-state index in [1.54, 1.807) is 0 Å². The molecule has 2 aromatic rings. The molecule has 0 saturated carbocycles. The maximum Gasteiger partial charge on any atom is 0.0440 e. The van der Waals surface area contributed by atoms with Gasteiger partial charge in [-0.2, -0.15) is 0 Å². The fourth-order valence-corrected chi connectivity index (χ4v) is 2.21. The first-order chi connectivity index (χ1) is 7.77. The SMILES string of the molecule is Cc1cccc(Cl)c1CCc1ccccc1. The van der Waals surface area contributed by atoms with Gasteiger partial charge in [-0.05, 0) is 42.5 Å². The van der Waals surface area contributed by atoms with Crippen LogP contribution in [0.4, 0.5) is 0 Å². The number of benzene rings is 2. The van der Waals surface area contributed by atoms with Gasteiger partial charge in [0.05, 0.1) is 0 Å². The van der Waals surface area contributed by atoms with E-state index < -0.39 is 0 Å². The molecule has 2 aromatic carbocycles. The molecule has 0 heterocycles. The molecule has 0 radical (unpaired) electrons. The standard InChI is InChI=1S/C15H15Cl/c1-12-6-5-9-15(16)14(12)11-10-13-7-3-2-4-8-13/h2-9H,10-11H2,1H3. The minimum atomic E-state index is 0.885. The zero-order valence-electron chi connectivity index (χ0n) is 9.41. The Balaban J connectivity index is 2.11. The lowest BCUT2D eigenvalue weighted by molar-refractivity contribution is 0.949. The molecule has 82 valence electrons. The summed E-state index contributed by atoms with van der Waals surface area (Å²) in [5.41, 5.74) is 3.92. The first kappa shape index (κ1) is 11.2. The van der Waals surface area contributed by atoms with Gasteiger partial charge in [-0.25, -0.2) is 0 Å². The van der Waals surface area contributed by atoms with Crippen molar-refractivity contribution in [2.24, 2.45) is 0 Å². The lowest BCUT2D eigenvalue weighted by atomic mass is 10.0. The van der Waals surface area contributed by atoms with E-state index in [1.165, 1.54) is 16.7 Å². The molecule has 0 unspecified atom stereocenters. The molecular weight excluding hydrogens is 216 g/mol. The largest absolute Gasteiger partial charge is 0.0840 e. The molecule has 0 N–H and O–H groups in total. The van der Waals surface area contributed by atoms with E-state index >= 15 is 0 Å². The van der Waals surface area contributed by atoms with Crippen molar-refractivity contribution in [3.8, 4) is 0 Å². The zero-order valence-corrected chi connectivity index (χ0v) is 10.2. The molecule has 0 aromatic heterocycles. The van der Waals surface area contributed by atoms with Gasteiger partial charge in [0, 0.05) is 5.02 Å². The number of hydrogen-bond acceptors (Lipinski definition) is 0. The predicted octanol–water partition coefficient (Wildman–Crippen LogP) is 4.43. The van der Waals surface area contributed by atoms with Crippen LogP contribution in [0.15, 0.2) is 48.5 Å². The van der Waals surface area contributed by atoms with E-state index in [2.05, 4.69) is 37.3 Å². The highest BCUT2D eigenvalue weighted by molar-refractivity contribution is 6.31. The highest BCUT2D eigenvalue weighted by Gasteiger charge is 2.03. The van der Waals surface area contributed by atoms with Crippen molar-refractivity contribution in [1.82, 2.24) is 0 Å². The monoisotopic (exact) mass is 230 g/mol. The van der Waals surface area contributed by atoms with E-state index in [0.29, 0.717) is 0 Å². The molecule has 0 aliphatic carbocycles. The summed E-state index contributed by atoms with van der Waals surface area (Å²) < 4.78 is 0. The van der Waals surface area contributed by atoms with Gasteiger partial charge < -0.3 is 0 Å². The highest BCUT2D eigenvalue weighted by atomic mass is 35.5. The Bertz CT molecular complexity index is 440. The fraction of sp³-hybridized carbons (Fsp3) is 0.200. The third-order valence-corrected chi connectivity index (χ3v) is 3.21. The van der Waals surface area contributed by atoms with Crippen LogP contribution >= 0.6 is 11.6 Å². The lowest BCUT2D eigenvalue weighted by Crippen LogP contribution is -1.95. The average molecular weight is 231 g/mol. The van der Waals surface area contributed by atoms with Gasteiger partial charge in [0.25, 0.3) is 0 Å². The zero-order chi connectivity index (χ0) is 11.4. The Morgan fingerprint density at radius 3 is 2.31 bits per heavy atom. The van der Waals surface area contributed by atoms with Gasteiger partial charge in [0.2, 0.25) is 0 Å². The Labute approximate surface area is 102 Å². The summed E-state index contributed by atoms with van der Waals surface area (Å²) >= 11 is 6.20. The summed E-state index contributed by atoms with van der Waals surface area (Å²) in [5.74, 6) is 0. The Morgan fingerprint density at radius 2 is 1.62 bits per heavy atom. The second kappa shape index (κ2) is 5.18. The topological polar surface area (TPSA) is 0 Å². The minimum Gasteiger partial charge on any atom is -0.0840 e. The first-order valence-corrected chi connectivity index (χ1v) is 5.93. The molecule has 0 spiro atoms. The first-order valence-electron chi connectivity index (χ1n) is 5.55. The summed E-state index contributed by atoms with van der Waals surface area (Å²) in [6, 6.07) is 16.6. The summed E-state index contributed by atoms with van der Waals surface area (Å²) in [4.78, 5) is 0. The fourth-order valence-electron chi connectivity index (χ4n) is 1.90. The van der Waals surface area contributed by atoms with E-state index in [9.17, 15) is 0 Å². The van der Waals surface area contributed by atoms with Crippen LogP contribution in [0.1, 0.15) is 16.7 Å². The molecule has 0 aliphatic rings. The predicted molar refractivity (Wildman–Crippen MR) is 70.0 cm³/mol. The minimum absolute atomic E-state index is 0.885. The van der Waals surface area contributed by atoms with Crippen LogP contribution in [0.2, 0.25) is 5.02 Å². The summed E-state index contributed by atoms with van der Waals surface area (Å²) in [7, 11) is 0. The normalized spacial score (nSPS) is 10.4. The quantitative estimate of drug-likeness (QED) is 0.732. The van der Waals surface area contributed by atoms with Crippen molar-refractivity contribution in [2.45, 2.75) is 19.8 Å². The molecule has 0 atom stereocenters. The second-order valence-electron chi connectivity index (χ2n) is 4.02. The maximum absolute atomic E-state index is 6.20. The van der Waals surface area contributed by atoms with Crippen molar-refractivity contribution in [1.29, 1.82) is 0 Å². The van der Waals surface area contributed by atoms with E-state index in [1.807, 2.05) is 18.2 Å². The molecular formula is C15H15Cl. The van der Waals surface area contributed by atoms with Crippen molar-refractivity contribution in [3.63, 3.8) is 0 Å². The second-order valence-corrected chi connectivity index (χ2v) is 4.43. The molecule has 2 rings (SSSR count). The van der Waals surface area contributed by atoms with Gasteiger partial charge in [-0.3, -0.25) is 0 Å². The number of aryl methyl sites for hydroxylation is 2. The maximum atomic E-state index is 6.20. The summed E-state index contributed by atoms with van der Waals surface area (Å²) in [5, 5.41) is 0.885. The van der Waals surface area contributed by atoms with Crippen LogP contribution in [-0.4, -0.2) is 0 Å².